The minimum absolute atomic E-state index is 0.119. The van der Waals surface area contributed by atoms with E-state index in [1.54, 1.807) is 13.8 Å². The molecule has 0 spiro atoms. The lowest BCUT2D eigenvalue weighted by Gasteiger charge is -2.26. The summed E-state index contributed by atoms with van der Waals surface area (Å²) >= 11 is 0. The molecule has 5 unspecified atom stereocenters. The van der Waals surface area contributed by atoms with E-state index >= 15 is 0 Å². The van der Waals surface area contributed by atoms with Gasteiger partial charge in [-0.05, 0) is 12.3 Å². The number of aliphatic carboxylic acids is 2. The molecule has 0 aliphatic rings. The Morgan fingerprint density at radius 3 is 2.14 bits per heavy atom. The van der Waals surface area contributed by atoms with Crippen molar-refractivity contribution in [3.63, 3.8) is 0 Å². The highest BCUT2D eigenvalue weighted by molar-refractivity contribution is 5.95. The number of H-pyrrole nitrogens is 1. The van der Waals surface area contributed by atoms with Gasteiger partial charge in [0.05, 0.1) is 18.8 Å². The first-order chi connectivity index (χ1) is 16.8. The standard InChI is InChI=1S/C21H33N7O8/c1-3-10(2)17(21(35)36)28-19(33)13(4-5-15(23)29)26-20(34)14(6-11-8-24-9-25-11)27-18(32)12(22)7-16(30)31/h8-10,12-14,17H,3-7,22H2,1-2H3,(H2,23,29)(H,24,25)(H,26,34)(H,27,32)(H,28,33)(H,30,31)(H,35,36). The number of carbonyl (C=O) groups is 6. The van der Waals surface area contributed by atoms with Crippen LogP contribution in [0.25, 0.3) is 0 Å². The van der Waals surface area contributed by atoms with Crippen LogP contribution in [0.1, 0.15) is 45.2 Å². The number of carboxylic acid groups (broad SMARTS) is 2. The summed E-state index contributed by atoms with van der Waals surface area (Å²) in [6.45, 7) is 3.38. The lowest BCUT2D eigenvalue weighted by atomic mass is 9.98. The number of nitrogens with zero attached hydrogens (tertiary/aromatic N) is 1. The number of hydrogen-bond acceptors (Lipinski definition) is 8. The molecule has 36 heavy (non-hydrogen) atoms. The molecule has 0 saturated carbocycles. The maximum Gasteiger partial charge on any atom is 0.326 e. The van der Waals surface area contributed by atoms with Gasteiger partial charge in [0.25, 0.3) is 0 Å². The third-order valence-electron chi connectivity index (χ3n) is 5.43. The Morgan fingerprint density at radius 2 is 1.64 bits per heavy atom. The molecular formula is C21H33N7O8. The smallest absolute Gasteiger partial charge is 0.326 e. The first-order valence-electron chi connectivity index (χ1n) is 11.2. The summed E-state index contributed by atoms with van der Waals surface area (Å²) in [6, 6.07) is -5.36. The number of nitrogens with two attached hydrogens (primary N) is 2. The van der Waals surface area contributed by atoms with Crippen LogP contribution in [0.15, 0.2) is 12.5 Å². The predicted octanol–water partition coefficient (Wildman–Crippen LogP) is -2.40. The van der Waals surface area contributed by atoms with Crippen molar-refractivity contribution in [2.75, 3.05) is 0 Å². The number of carbonyl (C=O) groups excluding carboxylic acids is 4. The summed E-state index contributed by atoms with van der Waals surface area (Å²) < 4.78 is 0. The fourth-order valence-corrected chi connectivity index (χ4v) is 3.15. The van der Waals surface area contributed by atoms with Crippen LogP contribution in [0.2, 0.25) is 0 Å². The van der Waals surface area contributed by atoms with Crippen LogP contribution in [0.5, 0.6) is 0 Å². The fourth-order valence-electron chi connectivity index (χ4n) is 3.15. The van der Waals surface area contributed by atoms with Crippen molar-refractivity contribution < 1.29 is 39.0 Å². The third-order valence-corrected chi connectivity index (χ3v) is 5.43. The van der Waals surface area contributed by atoms with Gasteiger partial charge in [0.1, 0.15) is 18.1 Å². The Balaban J connectivity index is 3.11. The van der Waals surface area contributed by atoms with Crippen molar-refractivity contribution >= 4 is 35.6 Å². The van der Waals surface area contributed by atoms with Crippen LogP contribution in [0.3, 0.4) is 0 Å². The molecule has 4 amide bonds. The molecule has 0 radical (unpaired) electrons. The van der Waals surface area contributed by atoms with E-state index in [1.165, 1.54) is 12.5 Å². The first kappa shape index (κ1) is 30.0. The van der Waals surface area contributed by atoms with E-state index in [1.807, 2.05) is 0 Å². The second kappa shape index (κ2) is 14.4. The number of hydrogen-bond donors (Lipinski definition) is 8. The number of aromatic nitrogens is 2. The number of aromatic amines is 1. The van der Waals surface area contributed by atoms with Crippen molar-refractivity contribution in [1.29, 1.82) is 0 Å². The molecule has 0 fully saturated rings. The van der Waals surface area contributed by atoms with E-state index in [0.29, 0.717) is 12.1 Å². The normalized spacial score (nSPS) is 15.0. The van der Waals surface area contributed by atoms with E-state index in [9.17, 15) is 33.9 Å². The van der Waals surface area contributed by atoms with Crippen LogP contribution >= 0.6 is 0 Å². The Hall–Kier alpha value is -4.01. The topological polar surface area (TPSA) is 260 Å². The second-order valence-electron chi connectivity index (χ2n) is 8.32. The minimum atomic E-state index is -1.44. The molecular weight excluding hydrogens is 478 g/mol. The van der Waals surface area contributed by atoms with Gasteiger partial charge < -0.3 is 42.6 Å². The van der Waals surface area contributed by atoms with E-state index < -0.39 is 72.1 Å². The summed E-state index contributed by atoms with van der Waals surface area (Å²) in [5, 5.41) is 25.5. The highest BCUT2D eigenvalue weighted by Gasteiger charge is 2.32. The van der Waals surface area contributed by atoms with Gasteiger partial charge in [-0.1, -0.05) is 20.3 Å². The number of carboxylic acids is 2. The second-order valence-corrected chi connectivity index (χ2v) is 8.32. The summed E-state index contributed by atoms with van der Waals surface area (Å²) in [4.78, 5) is 78.7. The molecule has 15 heteroatoms. The van der Waals surface area contributed by atoms with Crippen LogP contribution in [0.4, 0.5) is 0 Å². The predicted molar refractivity (Wildman–Crippen MR) is 124 cm³/mol. The summed E-state index contributed by atoms with van der Waals surface area (Å²) in [7, 11) is 0. The highest BCUT2D eigenvalue weighted by atomic mass is 16.4. The quantitative estimate of drug-likeness (QED) is 0.117. The van der Waals surface area contributed by atoms with Gasteiger partial charge in [-0.2, -0.15) is 0 Å². The highest BCUT2D eigenvalue weighted by Crippen LogP contribution is 2.10. The zero-order chi connectivity index (χ0) is 27.4. The molecule has 15 nitrogen and oxygen atoms in total. The molecule has 1 aromatic heterocycles. The molecule has 0 aliphatic carbocycles. The Labute approximate surface area is 206 Å². The molecule has 200 valence electrons. The largest absolute Gasteiger partial charge is 0.481 e. The van der Waals surface area contributed by atoms with Crippen molar-refractivity contribution in [2.45, 2.75) is 70.1 Å². The molecule has 0 aromatic carbocycles. The Morgan fingerprint density at radius 1 is 1.03 bits per heavy atom. The lowest BCUT2D eigenvalue weighted by molar-refractivity contribution is -0.144. The van der Waals surface area contributed by atoms with Gasteiger partial charge in [-0.3, -0.25) is 24.0 Å². The number of nitrogens with one attached hydrogen (secondary N) is 4. The Kier molecular flexibility index (Phi) is 12.0. The van der Waals surface area contributed by atoms with Gasteiger partial charge in [0.2, 0.25) is 23.6 Å². The van der Waals surface area contributed by atoms with Crippen molar-refractivity contribution in [3.8, 4) is 0 Å². The minimum Gasteiger partial charge on any atom is -0.481 e. The van der Waals surface area contributed by atoms with Gasteiger partial charge >= 0.3 is 11.9 Å². The third kappa shape index (κ3) is 10.1. The molecule has 10 N–H and O–H groups in total. The zero-order valence-electron chi connectivity index (χ0n) is 20.0. The summed E-state index contributed by atoms with van der Waals surface area (Å²) in [6.07, 6.45) is 1.86. The average molecular weight is 512 g/mol. The monoisotopic (exact) mass is 511 g/mol. The average Bonchev–Trinajstić information content (AvgIpc) is 3.31. The molecule has 0 aliphatic heterocycles. The van der Waals surface area contributed by atoms with Crippen molar-refractivity contribution in [1.82, 2.24) is 25.9 Å². The van der Waals surface area contributed by atoms with Crippen LogP contribution in [-0.2, 0) is 35.2 Å². The molecule has 1 rings (SSSR count). The summed E-state index contributed by atoms with van der Waals surface area (Å²) in [5.41, 5.74) is 11.2. The van der Waals surface area contributed by atoms with Gasteiger partial charge in [-0.25, -0.2) is 9.78 Å². The number of rotatable bonds is 16. The molecule has 5 atom stereocenters. The maximum absolute atomic E-state index is 13.1. The molecule has 0 bridgehead atoms. The SMILES string of the molecule is CCC(C)C(NC(=O)C(CCC(N)=O)NC(=O)C(Cc1cnc[nH]1)NC(=O)C(N)CC(=O)O)C(=O)O. The van der Waals surface area contributed by atoms with E-state index in [4.69, 9.17) is 16.6 Å². The van der Waals surface area contributed by atoms with Crippen LogP contribution in [-0.4, -0.2) is 79.9 Å². The maximum atomic E-state index is 13.1. The van der Waals surface area contributed by atoms with Gasteiger partial charge in [0.15, 0.2) is 0 Å². The summed E-state index contributed by atoms with van der Waals surface area (Å²) in [5.74, 6) is -6.40. The van der Waals surface area contributed by atoms with Crippen LogP contribution in [0, 0.1) is 5.92 Å². The van der Waals surface area contributed by atoms with Crippen molar-refractivity contribution in [3.05, 3.63) is 18.2 Å². The van der Waals surface area contributed by atoms with Gasteiger partial charge in [-0.15, -0.1) is 0 Å². The van der Waals surface area contributed by atoms with E-state index in [2.05, 4.69) is 25.9 Å². The number of imidazole rings is 1. The lowest BCUT2D eigenvalue weighted by Crippen LogP contribution is -2.58. The van der Waals surface area contributed by atoms with Gasteiger partial charge in [0, 0.05) is 24.7 Å². The number of primary amides is 1. The first-order valence-corrected chi connectivity index (χ1v) is 11.2. The number of amides is 4. The zero-order valence-corrected chi connectivity index (χ0v) is 20.0. The molecule has 1 heterocycles. The molecule has 0 saturated heterocycles. The van der Waals surface area contributed by atoms with Crippen molar-refractivity contribution in [2.24, 2.45) is 17.4 Å². The van der Waals surface area contributed by atoms with E-state index in [-0.39, 0.29) is 19.3 Å². The fraction of sp³-hybridized carbons (Fsp3) is 0.571. The Bertz CT molecular complexity index is 937. The van der Waals surface area contributed by atoms with E-state index in [0.717, 1.165) is 0 Å². The van der Waals surface area contributed by atoms with Crippen LogP contribution < -0.4 is 27.4 Å². The molecule has 1 aromatic rings.